The molecule has 0 saturated heterocycles. The molecule has 1 aliphatic rings. The van der Waals surface area contributed by atoms with Crippen LogP contribution in [0.15, 0.2) is 18.2 Å². The van der Waals surface area contributed by atoms with Gasteiger partial charge in [-0.1, -0.05) is 39.8 Å². The fourth-order valence-corrected chi connectivity index (χ4v) is 2.50. The summed E-state index contributed by atoms with van der Waals surface area (Å²) < 4.78 is 0. The molecule has 0 atom stereocenters. The minimum atomic E-state index is 0.331. The van der Waals surface area contributed by atoms with E-state index < -0.39 is 0 Å². The number of benzene rings is 1. The molecule has 88 valence electrons. The van der Waals surface area contributed by atoms with Crippen molar-refractivity contribution in [3.63, 3.8) is 0 Å². The van der Waals surface area contributed by atoms with Crippen LogP contribution in [0.4, 0.5) is 5.69 Å². The molecule has 1 aromatic rings. The van der Waals surface area contributed by atoms with Crippen molar-refractivity contribution in [3.8, 4) is 0 Å². The summed E-state index contributed by atoms with van der Waals surface area (Å²) in [6.45, 7) is 10.4. The zero-order valence-electron chi connectivity index (χ0n) is 11.2. The molecular formula is C15H23N. The highest BCUT2D eigenvalue weighted by atomic mass is 15.1. The molecule has 16 heavy (non-hydrogen) atoms. The molecule has 0 N–H and O–H groups in total. The molecule has 0 saturated carbocycles. The second-order valence-corrected chi connectivity index (χ2v) is 5.99. The Hall–Kier alpha value is -0.980. The second kappa shape index (κ2) is 3.80. The lowest BCUT2D eigenvalue weighted by Gasteiger charge is -2.38. The van der Waals surface area contributed by atoms with Gasteiger partial charge in [-0.2, -0.15) is 0 Å². The third-order valence-electron chi connectivity index (χ3n) is 3.90. The minimum Gasteiger partial charge on any atom is -0.374 e. The lowest BCUT2D eigenvalue weighted by atomic mass is 9.77. The molecule has 1 heteroatoms. The summed E-state index contributed by atoms with van der Waals surface area (Å²) >= 11 is 0. The summed E-state index contributed by atoms with van der Waals surface area (Å²) in [5, 5.41) is 0. The SMILES string of the molecule is CC(C)c1ccc2c(c1)N(C)CCC2(C)C. The fraction of sp³-hybridized carbons (Fsp3) is 0.600. The maximum Gasteiger partial charge on any atom is 0.0404 e. The lowest BCUT2D eigenvalue weighted by Crippen LogP contribution is -2.34. The molecule has 1 aliphatic heterocycles. The van der Waals surface area contributed by atoms with Gasteiger partial charge in [-0.05, 0) is 34.9 Å². The number of hydrogen-bond acceptors (Lipinski definition) is 1. The van der Waals surface area contributed by atoms with E-state index in [1.807, 2.05) is 0 Å². The van der Waals surface area contributed by atoms with Gasteiger partial charge >= 0.3 is 0 Å². The van der Waals surface area contributed by atoms with Gasteiger partial charge in [0.15, 0.2) is 0 Å². The summed E-state index contributed by atoms with van der Waals surface area (Å²) in [6.07, 6.45) is 1.25. The Balaban J connectivity index is 2.52. The van der Waals surface area contributed by atoms with E-state index >= 15 is 0 Å². The molecule has 0 unspecified atom stereocenters. The highest BCUT2D eigenvalue weighted by Crippen LogP contribution is 2.40. The van der Waals surface area contributed by atoms with Gasteiger partial charge in [-0.15, -0.1) is 0 Å². The zero-order chi connectivity index (χ0) is 11.9. The van der Waals surface area contributed by atoms with Crippen LogP contribution in [0.25, 0.3) is 0 Å². The van der Waals surface area contributed by atoms with E-state index in [0.29, 0.717) is 11.3 Å². The van der Waals surface area contributed by atoms with Crippen LogP contribution in [-0.4, -0.2) is 13.6 Å². The van der Waals surface area contributed by atoms with E-state index in [-0.39, 0.29) is 0 Å². The normalized spacial score (nSPS) is 18.8. The quantitative estimate of drug-likeness (QED) is 0.689. The monoisotopic (exact) mass is 217 g/mol. The Morgan fingerprint density at radius 3 is 2.56 bits per heavy atom. The number of hydrogen-bond donors (Lipinski definition) is 0. The van der Waals surface area contributed by atoms with Gasteiger partial charge in [0.2, 0.25) is 0 Å². The van der Waals surface area contributed by atoms with Gasteiger partial charge in [0.05, 0.1) is 0 Å². The number of fused-ring (bicyclic) bond motifs is 1. The van der Waals surface area contributed by atoms with Crippen molar-refractivity contribution in [1.82, 2.24) is 0 Å². The lowest BCUT2D eigenvalue weighted by molar-refractivity contribution is 0.461. The molecule has 0 fully saturated rings. The van der Waals surface area contributed by atoms with Gasteiger partial charge in [-0.3, -0.25) is 0 Å². The van der Waals surface area contributed by atoms with Crippen molar-refractivity contribution in [2.75, 3.05) is 18.5 Å². The van der Waals surface area contributed by atoms with Gasteiger partial charge in [0.25, 0.3) is 0 Å². The van der Waals surface area contributed by atoms with E-state index in [9.17, 15) is 0 Å². The predicted molar refractivity (Wildman–Crippen MR) is 71.4 cm³/mol. The van der Waals surface area contributed by atoms with E-state index in [2.05, 4.69) is 57.8 Å². The van der Waals surface area contributed by atoms with E-state index in [1.165, 1.54) is 29.8 Å². The summed E-state index contributed by atoms with van der Waals surface area (Å²) in [7, 11) is 2.21. The molecule has 0 amide bonds. The Bertz CT molecular complexity index is 390. The standard InChI is InChI=1S/C15H23N/c1-11(2)12-6-7-13-14(10-12)16(5)9-8-15(13,3)4/h6-7,10-11H,8-9H2,1-5H3. The first kappa shape index (κ1) is 11.5. The summed E-state index contributed by atoms with van der Waals surface area (Å²) in [5.41, 5.74) is 4.72. The van der Waals surface area contributed by atoms with E-state index in [0.717, 1.165) is 0 Å². The minimum absolute atomic E-state index is 0.331. The highest BCUT2D eigenvalue weighted by Gasteiger charge is 2.29. The third-order valence-corrected chi connectivity index (χ3v) is 3.90. The maximum absolute atomic E-state index is 2.40. The third kappa shape index (κ3) is 1.83. The van der Waals surface area contributed by atoms with Gasteiger partial charge < -0.3 is 4.90 Å². The Labute approximate surface area is 99.5 Å². The molecule has 1 heterocycles. The van der Waals surface area contributed by atoms with Crippen molar-refractivity contribution in [2.24, 2.45) is 0 Å². The second-order valence-electron chi connectivity index (χ2n) is 5.99. The van der Waals surface area contributed by atoms with E-state index in [4.69, 9.17) is 0 Å². The molecule has 0 aromatic heterocycles. The number of anilines is 1. The first-order chi connectivity index (χ1) is 7.42. The largest absolute Gasteiger partial charge is 0.374 e. The molecule has 1 nitrogen and oxygen atoms in total. The fourth-order valence-electron chi connectivity index (χ4n) is 2.50. The Morgan fingerprint density at radius 2 is 1.94 bits per heavy atom. The summed E-state index contributed by atoms with van der Waals surface area (Å²) in [6, 6.07) is 7.01. The van der Waals surface area contributed by atoms with Crippen LogP contribution in [0.1, 0.15) is 51.2 Å². The molecular weight excluding hydrogens is 194 g/mol. The molecule has 0 aliphatic carbocycles. The maximum atomic E-state index is 2.40. The van der Waals surface area contributed by atoms with Crippen LogP contribution in [0.5, 0.6) is 0 Å². The van der Waals surface area contributed by atoms with Crippen LogP contribution >= 0.6 is 0 Å². The Kier molecular flexibility index (Phi) is 2.73. The zero-order valence-corrected chi connectivity index (χ0v) is 11.2. The van der Waals surface area contributed by atoms with Crippen molar-refractivity contribution in [3.05, 3.63) is 29.3 Å². The van der Waals surface area contributed by atoms with Crippen LogP contribution in [-0.2, 0) is 5.41 Å². The number of rotatable bonds is 1. The first-order valence-electron chi connectivity index (χ1n) is 6.27. The predicted octanol–water partition coefficient (Wildman–Crippen LogP) is 3.93. The van der Waals surface area contributed by atoms with Crippen molar-refractivity contribution >= 4 is 5.69 Å². The van der Waals surface area contributed by atoms with Gasteiger partial charge in [0, 0.05) is 19.3 Å². The molecule has 0 bridgehead atoms. The highest BCUT2D eigenvalue weighted by molar-refractivity contribution is 5.60. The first-order valence-corrected chi connectivity index (χ1v) is 6.27. The molecule has 0 radical (unpaired) electrons. The van der Waals surface area contributed by atoms with Crippen LogP contribution in [0, 0.1) is 0 Å². The molecule has 2 rings (SSSR count). The van der Waals surface area contributed by atoms with Crippen molar-refractivity contribution in [2.45, 2.75) is 45.4 Å². The van der Waals surface area contributed by atoms with Crippen molar-refractivity contribution < 1.29 is 0 Å². The summed E-state index contributed by atoms with van der Waals surface area (Å²) in [5.74, 6) is 0.615. The molecule has 0 spiro atoms. The van der Waals surface area contributed by atoms with Crippen molar-refractivity contribution in [1.29, 1.82) is 0 Å². The van der Waals surface area contributed by atoms with Gasteiger partial charge in [0.1, 0.15) is 0 Å². The van der Waals surface area contributed by atoms with Crippen LogP contribution in [0.3, 0.4) is 0 Å². The summed E-state index contributed by atoms with van der Waals surface area (Å²) in [4.78, 5) is 2.40. The van der Waals surface area contributed by atoms with Gasteiger partial charge in [-0.25, -0.2) is 0 Å². The number of nitrogens with zero attached hydrogens (tertiary/aromatic N) is 1. The van der Waals surface area contributed by atoms with Crippen LogP contribution in [0.2, 0.25) is 0 Å². The van der Waals surface area contributed by atoms with E-state index in [1.54, 1.807) is 0 Å². The van der Waals surface area contributed by atoms with Crippen LogP contribution < -0.4 is 4.90 Å². The smallest absolute Gasteiger partial charge is 0.0404 e. The average molecular weight is 217 g/mol. The topological polar surface area (TPSA) is 3.24 Å². The molecule has 1 aromatic carbocycles. The Morgan fingerprint density at radius 1 is 1.25 bits per heavy atom. The average Bonchev–Trinajstić information content (AvgIpc) is 2.23.